The first-order chi connectivity index (χ1) is 45.7. The van der Waals surface area contributed by atoms with Crippen molar-refractivity contribution in [3.05, 3.63) is 89.7 Å². The minimum absolute atomic E-state index is 0. The molecule has 1 atom stereocenters. The molecule has 2 N–H and O–H groups in total. The first-order valence-corrected chi connectivity index (χ1v) is 35.3. The van der Waals surface area contributed by atoms with Crippen molar-refractivity contribution in [2.75, 3.05) is 129 Å². The van der Waals surface area contributed by atoms with Crippen LogP contribution in [-0.2, 0) is 143 Å². The number of piperidine rings is 2. The van der Waals surface area contributed by atoms with E-state index in [1.54, 1.807) is 36.5 Å². The molecule has 0 amide bonds. The number of Topliss-reactive ketones (excluding diaryl/α,β-unsaturated/α-hetero) is 1. The van der Waals surface area contributed by atoms with Gasteiger partial charge in [-0.25, -0.2) is 0 Å². The van der Waals surface area contributed by atoms with Gasteiger partial charge in [0.1, 0.15) is 11.5 Å². The standard InChI is InChI=1S/C7H10F3NO3S.C7H15N.2C7H13N.C6H11NO.C6H7N.C5H6BNO2.4C3H6O2.7C2H6.Pd.2Y/c1-11-4-2-3-6(5-11)14-15(12,13)7(8,9)10;3*1-7-4-3-5-8(2)6-7;1-7-4-2-3-6(8)5-7;1-6-3-2-4-7-5-6;8-6(9)5-2-1-3-7-4-5;4*1-3(4)5-2;7*1-2;;;/h3H,2,4-5H2,1H3;7H,3-6H2,1-2H3;2*4H,3,5-6H2,1-2H3;2-5H2,1H3;2-5H,1H3;1-4,8-9H;4*1-2H3;7*1-2H3;;;. The Morgan fingerprint density at radius 3 is 1.06 bits per heavy atom. The number of aromatic nitrogens is 2. The van der Waals surface area contributed by atoms with E-state index < -0.39 is 22.7 Å². The number of esters is 4. The minimum atomic E-state index is -5.52. The van der Waals surface area contributed by atoms with Gasteiger partial charge in [0.15, 0.2) is 0 Å². The molecule has 2 saturated heterocycles. The fourth-order valence-corrected chi connectivity index (χ4v) is 7.21. The molecule has 1 unspecified atom stereocenters. The number of aryl methyl sites for hydroxylation is 1. The third-order valence-electron chi connectivity index (χ3n) is 11.1. The first-order valence-electron chi connectivity index (χ1n) is 33.9. The van der Waals surface area contributed by atoms with Gasteiger partial charge in [0.05, 0.1) is 41.5 Å². The van der Waals surface area contributed by atoms with Crippen LogP contribution in [0.4, 0.5) is 13.2 Å². The van der Waals surface area contributed by atoms with E-state index >= 15 is 0 Å². The number of ketones is 1. The van der Waals surface area contributed by atoms with Crippen molar-refractivity contribution in [1.29, 1.82) is 0 Å². The van der Waals surface area contributed by atoms with Crippen molar-refractivity contribution in [2.45, 2.75) is 203 Å². The maximum atomic E-state index is 11.9. The van der Waals surface area contributed by atoms with E-state index in [0.29, 0.717) is 30.8 Å². The summed E-state index contributed by atoms with van der Waals surface area (Å²) >= 11 is 0. The summed E-state index contributed by atoms with van der Waals surface area (Å²) in [6.45, 7) is 52.1. The number of rotatable bonds is 3. The van der Waals surface area contributed by atoms with Crippen LogP contribution in [-0.4, -0.2) is 224 Å². The number of hydrogen-bond donors (Lipinski definition) is 2. The topological polar surface area (TPSA) is 248 Å². The second-order valence-electron chi connectivity index (χ2n) is 19.7. The number of carbonyl (C=O) groups excluding carboxylic acids is 5. The summed E-state index contributed by atoms with van der Waals surface area (Å²) in [4.78, 5) is 67.4. The van der Waals surface area contributed by atoms with Crippen molar-refractivity contribution in [2.24, 2.45) is 5.92 Å². The molecule has 21 nitrogen and oxygen atoms in total. The van der Waals surface area contributed by atoms with Gasteiger partial charge >= 0.3 is 46.6 Å². The van der Waals surface area contributed by atoms with Gasteiger partial charge in [-0.1, -0.05) is 139 Å². The van der Waals surface area contributed by atoms with Gasteiger partial charge in [-0.05, 0) is 137 Å². The maximum Gasteiger partial charge on any atom is 0.534 e. The first kappa shape index (κ1) is 130. The van der Waals surface area contributed by atoms with E-state index in [0.717, 1.165) is 25.3 Å². The number of likely N-dealkylation sites (tertiary alicyclic amines) is 2. The zero-order valence-corrected chi connectivity index (χ0v) is 76.0. The van der Waals surface area contributed by atoms with E-state index in [-0.39, 0.29) is 122 Å². The molecular weight excluding hydrogens is 1560 g/mol. The number of alkyl halides is 3. The van der Waals surface area contributed by atoms with Crippen LogP contribution in [0.15, 0.2) is 84.2 Å². The Kier molecular flexibility index (Phi) is 125. The Balaban J connectivity index is -0.0000000672. The van der Waals surface area contributed by atoms with E-state index in [4.69, 9.17) is 10.0 Å². The Hall–Kier alpha value is -2.73. The van der Waals surface area contributed by atoms with E-state index in [1.807, 2.05) is 129 Å². The molecule has 5 aliphatic rings. The molecule has 100 heavy (non-hydrogen) atoms. The molecule has 0 aromatic carbocycles. The normalized spacial score (nSPS) is 14.4. The summed E-state index contributed by atoms with van der Waals surface area (Å²) in [6.07, 6.45) is 20.2. The second kappa shape index (κ2) is 96.3. The third-order valence-corrected chi connectivity index (χ3v) is 12.1. The predicted molar refractivity (Wildman–Crippen MR) is 399 cm³/mol. The van der Waals surface area contributed by atoms with Crippen molar-refractivity contribution < 1.29 is 165 Å². The summed E-state index contributed by atoms with van der Waals surface area (Å²) in [5, 5.41) is 17.1. The number of ether oxygens (including phenoxy) is 4. The fourth-order valence-electron chi connectivity index (χ4n) is 6.71. The van der Waals surface area contributed by atoms with E-state index in [1.165, 1.54) is 150 Å². The van der Waals surface area contributed by atoms with Crippen LogP contribution < -0.4 is 5.46 Å². The Morgan fingerprint density at radius 2 is 0.870 bits per heavy atom. The molecule has 0 bridgehead atoms. The summed E-state index contributed by atoms with van der Waals surface area (Å²) in [5.41, 5.74) is -0.721. The summed E-state index contributed by atoms with van der Waals surface area (Å²) in [6, 6.07) is 7.19. The van der Waals surface area contributed by atoms with Crippen molar-refractivity contribution in [1.82, 2.24) is 34.5 Å². The maximum absolute atomic E-state index is 11.9. The van der Waals surface area contributed by atoms with Gasteiger partial charge in [0, 0.05) is 189 Å². The zero-order valence-electron chi connectivity index (χ0n) is 68.0. The molecule has 0 saturated carbocycles. The van der Waals surface area contributed by atoms with Gasteiger partial charge in [0.25, 0.3) is 0 Å². The van der Waals surface area contributed by atoms with Gasteiger partial charge in [-0.15, -0.1) is 0 Å². The summed E-state index contributed by atoms with van der Waals surface area (Å²) in [5.74, 6) is 0.165. The third kappa shape index (κ3) is 106. The molecule has 29 heteroatoms. The fraction of sp³-hybridized carbons (Fsp3) is 0.704. The number of hydrogen-bond acceptors (Lipinski definition) is 21. The van der Waals surface area contributed by atoms with Crippen LogP contribution in [0.2, 0.25) is 0 Å². The molecule has 2 radical (unpaired) electrons. The van der Waals surface area contributed by atoms with Crippen LogP contribution in [0.5, 0.6) is 0 Å². The van der Waals surface area contributed by atoms with Crippen molar-refractivity contribution >= 4 is 52.4 Å². The average Bonchev–Trinajstić information content (AvgIpc) is 0.828. The van der Waals surface area contributed by atoms with E-state index in [9.17, 15) is 45.6 Å². The second-order valence-corrected chi connectivity index (χ2v) is 21.2. The molecule has 7 rings (SSSR count). The molecule has 7 heterocycles. The quantitative estimate of drug-likeness (QED) is 0.0724. The van der Waals surface area contributed by atoms with Gasteiger partial charge in [-0.3, -0.25) is 43.7 Å². The molecular formula is C71H141BF3N7O14PdSY2. The van der Waals surface area contributed by atoms with Gasteiger partial charge in [0.2, 0.25) is 0 Å². The molecule has 0 spiro atoms. The zero-order chi connectivity index (χ0) is 78.6. The Bertz CT molecular complexity index is 2190. The average molecular weight is 1700 g/mol. The monoisotopic (exact) mass is 1700 g/mol. The van der Waals surface area contributed by atoms with Crippen LogP contribution >= 0.6 is 0 Å². The predicted octanol–water partition coefficient (Wildman–Crippen LogP) is 13.3. The molecule has 2 aromatic rings. The Labute approximate surface area is 673 Å². The van der Waals surface area contributed by atoms with Crippen LogP contribution in [0.1, 0.15) is 196 Å². The molecule has 2 fully saturated rings. The number of carbonyl (C=O) groups is 5. The van der Waals surface area contributed by atoms with Crippen LogP contribution in [0.25, 0.3) is 0 Å². The minimum Gasteiger partial charge on any atom is -0.469 e. The summed E-state index contributed by atoms with van der Waals surface area (Å²) < 4.78 is 77.5. The number of likely N-dealkylation sites (N-methyl/N-ethyl adjacent to an activating group) is 4. The number of pyridine rings is 2. The Morgan fingerprint density at radius 1 is 0.540 bits per heavy atom. The summed E-state index contributed by atoms with van der Waals surface area (Å²) in [7, 11) is 8.66. The number of methoxy groups -OCH3 is 4. The number of halogens is 3. The smallest absolute Gasteiger partial charge is 0.469 e. The molecule has 5 aliphatic heterocycles. The van der Waals surface area contributed by atoms with Crippen molar-refractivity contribution in [3.8, 4) is 0 Å². The van der Waals surface area contributed by atoms with Crippen LogP contribution in [0, 0.1) is 12.8 Å². The van der Waals surface area contributed by atoms with E-state index in [2.05, 4.69) is 107 Å². The largest absolute Gasteiger partial charge is 0.534 e. The number of nitrogens with zero attached hydrogens (tertiary/aromatic N) is 7. The molecule has 0 aliphatic carbocycles. The van der Waals surface area contributed by atoms with Gasteiger partial charge < -0.3 is 47.9 Å². The SMILES string of the molecule is CC.CC.CC.CC.CC.CC.CC.CC1=CCCN(C)C1.CC1=CCCN(C)C1.CC1CCCN(C)C1.CN1CCC=C(OS(=O)(=O)C(F)(F)F)C1.CN1CCCC(=O)C1.COC(C)=O.COC(C)=O.COC(C)=O.COC(C)=O.Cc1cccnc1.OB(O)c1cccnc1.[Pd].[Y].[Y]. The van der Waals surface area contributed by atoms with Crippen LogP contribution in [0.3, 0.4) is 0 Å². The van der Waals surface area contributed by atoms with Crippen molar-refractivity contribution in [3.63, 3.8) is 0 Å². The van der Waals surface area contributed by atoms with Gasteiger partial charge in [-0.2, -0.15) is 21.6 Å². The molecule has 590 valence electrons. The molecule has 2 aromatic heterocycles.